The summed E-state index contributed by atoms with van der Waals surface area (Å²) in [5.74, 6) is 0.503. The fourth-order valence-corrected chi connectivity index (χ4v) is 2.26. The van der Waals surface area contributed by atoms with Crippen LogP contribution in [0.2, 0.25) is 0 Å². The molecule has 0 bridgehead atoms. The summed E-state index contributed by atoms with van der Waals surface area (Å²) in [5.41, 5.74) is 2.28. The maximum atomic E-state index is 12.0. The molecule has 17 heavy (non-hydrogen) atoms. The Morgan fingerprint density at radius 1 is 1.41 bits per heavy atom. The Morgan fingerprint density at radius 2 is 2.12 bits per heavy atom. The predicted molar refractivity (Wildman–Crippen MR) is 65.6 cm³/mol. The van der Waals surface area contributed by atoms with Crippen LogP contribution in [0.5, 0.6) is 0 Å². The number of carbonyl (C=O) groups is 1. The van der Waals surface area contributed by atoms with Crippen molar-refractivity contribution in [1.82, 2.24) is 9.36 Å². The molecule has 0 aliphatic carbocycles. The van der Waals surface area contributed by atoms with E-state index >= 15 is 0 Å². The van der Waals surface area contributed by atoms with E-state index in [1.807, 2.05) is 6.92 Å². The Balaban J connectivity index is 2.30. The van der Waals surface area contributed by atoms with Crippen molar-refractivity contribution in [3.63, 3.8) is 0 Å². The van der Waals surface area contributed by atoms with Crippen molar-refractivity contribution in [2.24, 2.45) is 0 Å². The number of hydrogen-bond acceptors (Lipinski definition) is 5. The number of ether oxygens (including phenoxy) is 1. The zero-order valence-electron chi connectivity index (χ0n) is 9.98. The third-order valence-electron chi connectivity index (χ3n) is 2.71. The molecule has 2 rings (SSSR count). The van der Waals surface area contributed by atoms with Crippen LogP contribution in [0.3, 0.4) is 0 Å². The van der Waals surface area contributed by atoms with Gasteiger partial charge in [0.2, 0.25) is 5.13 Å². The summed E-state index contributed by atoms with van der Waals surface area (Å²) in [5, 5.41) is 0.545. The molecule has 0 atom stereocenters. The van der Waals surface area contributed by atoms with Gasteiger partial charge < -0.3 is 4.74 Å². The van der Waals surface area contributed by atoms with Gasteiger partial charge in [0.1, 0.15) is 6.61 Å². The third kappa shape index (κ3) is 1.89. The van der Waals surface area contributed by atoms with E-state index in [9.17, 15) is 4.79 Å². The van der Waals surface area contributed by atoms with Crippen LogP contribution in [0.1, 0.15) is 19.7 Å². The van der Waals surface area contributed by atoms with Crippen molar-refractivity contribution in [2.45, 2.75) is 20.5 Å². The fourth-order valence-electron chi connectivity index (χ4n) is 1.56. The molecule has 0 saturated heterocycles. The fraction of sp³-hybridized carbons (Fsp3) is 0.364. The number of aromatic nitrogens is 2. The normalized spacial score (nSPS) is 16.3. The SMILES string of the molecule is C=C1C(C)=C(C)C(=O)N1c1nc(COC)ns1. The van der Waals surface area contributed by atoms with Crippen molar-refractivity contribution in [3.05, 3.63) is 29.2 Å². The largest absolute Gasteiger partial charge is 0.377 e. The van der Waals surface area contributed by atoms with Gasteiger partial charge in [-0.3, -0.25) is 9.69 Å². The zero-order valence-corrected chi connectivity index (χ0v) is 10.8. The quantitative estimate of drug-likeness (QED) is 0.823. The van der Waals surface area contributed by atoms with Gasteiger partial charge >= 0.3 is 0 Å². The highest BCUT2D eigenvalue weighted by molar-refractivity contribution is 7.10. The molecule has 0 fully saturated rings. The second kappa shape index (κ2) is 4.38. The summed E-state index contributed by atoms with van der Waals surface area (Å²) in [6.45, 7) is 7.92. The molecule has 5 nitrogen and oxygen atoms in total. The van der Waals surface area contributed by atoms with Gasteiger partial charge in [-0.05, 0) is 19.4 Å². The molecule has 1 aliphatic rings. The van der Waals surface area contributed by atoms with Crippen LogP contribution in [0.25, 0.3) is 0 Å². The van der Waals surface area contributed by atoms with E-state index in [-0.39, 0.29) is 5.91 Å². The number of carbonyl (C=O) groups excluding carboxylic acids is 1. The molecule has 0 aromatic carbocycles. The molecule has 0 N–H and O–H groups in total. The minimum atomic E-state index is -0.0763. The average molecular weight is 251 g/mol. The Kier molecular flexibility index (Phi) is 3.08. The molecular formula is C11H13N3O2S. The molecule has 90 valence electrons. The molecule has 1 aromatic heterocycles. The van der Waals surface area contributed by atoms with E-state index in [1.54, 1.807) is 14.0 Å². The third-order valence-corrected chi connectivity index (χ3v) is 3.45. The van der Waals surface area contributed by atoms with Gasteiger partial charge in [-0.15, -0.1) is 0 Å². The Labute approximate surface area is 104 Å². The highest BCUT2D eigenvalue weighted by atomic mass is 32.1. The Bertz CT molecular complexity index is 495. The summed E-state index contributed by atoms with van der Waals surface area (Å²) in [6.07, 6.45) is 0. The van der Waals surface area contributed by atoms with Gasteiger partial charge in [0.25, 0.3) is 5.91 Å². The highest BCUT2D eigenvalue weighted by Gasteiger charge is 2.32. The number of methoxy groups -OCH3 is 1. The number of rotatable bonds is 3. The summed E-state index contributed by atoms with van der Waals surface area (Å²) in [4.78, 5) is 17.8. The van der Waals surface area contributed by atoms with Crippen molar-refractivity contribution >= 4 is 22.6 Å². The molecule has 0 radical (unpaired) electrons. The lowest BCUT2D eigenvalue weighted by molar-refractivity contribution is -0.114. The van der Waals surface area contributed by atoms with E-state index < -0.39 is 0 Å². The number of allylic oxidation sites excluding steroid dienone is 1. The average Bonchev–Trinajstić information content (AvgIpc) is 2.82. The second-order valence-corrected chi connectivity index (χ2v) is 4.49. The Morgan fingerprint density at radius 3 is 2.65 bits per heavy atom. The standard InChI is InChI=1S/C11H13N3O2S/c1-6-7(2)10(15)14(8(6)3)11-12-9(5-16-4)13-17-11/h3,5H2,1-2,4H3. The molecule has 1 aliphatic heterocycles. The summed E-state index contributed by atoms with van der Waals surface area (Å²) in [6, 6.07) is 0. The lowest BCUT2D eigenvalue weighted by atomic mass is 10.2. The van der Waals surface area contributed by atoms with Crippen molar-refractivity contribution in [1.29, 1.82) is 0 Å². The van der Waals surface area contributed by atoms with Crippen LogP contribution in [-0.4, -0.2) is 22.4 Å². The molecule has 1 amide bonds. The Hall–Kier alpha value is -1.53. The van der Waals surface area contributed by atoms with Gasteiger partial charge in [0.15, 0.2) is 5.82 Å². The summed E-state index contributed by atoms with van der Waals surface area (Å²) >= 11 is 1.17. The molecule has 6 heteroatoms. The molecule has 0 unspecified atom stereocenters. The van der Waals surface area contributed by atoms with Crippen LogP contribution >= 0.6 is 11.5 Å². The van der Waals surface area contributed by atoms with Crippen LogP contribution in [-0.2, 0) is 16.1 Å². The highest BCUT2D eigenvalue weighted by Crippen LogP contribution is 2.33. The van der Waals surface area contributed by atoms with E-state index in [1.165, 1.54) is 16.4 Å². The molecule has 1 aromatic rings. The minimum Gasteiger partial charge on any atom is -0.377 e. The molecular weight excluding hydrogens is 238 g/mol. The predicted octanol–water partition coefficient (Wildman–Crippen LogP) is 1.88. The number of nitrogens with zero attached hydrogens (tertiary/aromatic N) is 3. The first-order chi connectivity index (χ1) is 8.06. The smallest absolute Gasteiger partial charge is 0.260 e. The molecule has 2 heterocycles. The maximum Gasteiger partial charge on any atom is 0.260 e. The van der Waals surface area contributed by atoms with E-state index in [0.29, 0.717) is 28.8 Å². The monoisotopic (exact) mass is 251 g/mol. The first-order valence-electron chi connectivity index (χ1n) is 5.09. The van der Waals surface area contributed by atoms with E-state index in [0.717, 1.165) is 5.57 Å². The number of amides is 1. The van der Waals surface area contributed by atoms with Crippen molar-refractivity contribution < 1.29 is 9.53 Å². The second-order valence-electron chi connectivity index (χ2n) is 3.76. The number of hydrogen-bond donors (Lipinski definition) is 0. The molecule has 0 saturated carbocycles. The van der Waals surface area contributed by atoms with E-state index in [2.05, 4.69) is 15.9 Å². The first-order valence-corrected chi connectivity index (χ1v) is 5.86. The van der Waals surface area contributed by atoms with Gasteiger partial charge in [0.05, 0.1) is 0 Å². The summed E-state index contributed by atoms with van der Waals surface area (Å²) < 4.78 is 9.07. The maximum absolute atomic E-state index is 12.0. The zero-order chi connectivity index (χ0) is 12.6. The number of anilines is 1. The van der Waals surface area contributed by atoms with Gasteiger partial charge in [-0.25, -0.2) is 4.98 Å². The van der Waals surface area contributed by atoms with Crippen LogP contribution in [0.4, 0.5) is 5.13 Å². The summed E-state index contributed by atoms with van der Waals surface area (Å²) in [7, 11) is 1.58. The van der Waals surface area contributed by atoms with Crippen LogP contribution < -0.4 is 4.90 Å². The van der Waals surface area contributed by atoms with Crippen LogP contribution in [0, 0.1) is 0 Å². The minimum absolute atomic E-state index is 0.0763. The van der Waals surface area contributed by atoms with Gasteiger partial charge in [-0.2, -0.15) is 4.37 Å². The lowest BCUT2D eigenvalue weighted by Gasteiger charge is -2.13. The van der Waals surface area contributed by atoms with Crippen LogP contribution in [0.15, 0.2) is 23.4 Å². The van der Waals surface area contributed by atoms with E-state index in [4.69, 9.17) is 4.74 Å². The first kappa shape index (κ1) is 11.9. The van der Waals surface area contributed by atoms with Crippen molar-refractivity contribution in [3.8, 4) is 0 Å². The van der Waals surface area contributed by atoms with Gasteiger partial charge in [-0.1, -0.05) is 6.58 Å². The van der Waals surface area contributed by atoms with Gasteiger partial charge in [0, 0.05) is 29.9 Å². The topological polar surface area (TPSA) is 55.3 Å². The lowest BCUT2D eigenvalue weighted by Crippen LogP contribution is -2.24. The molecule has 0 spiro atoms. The van der Waals surface area contributed by atoms with Crippen molar-refractivity contribution in [2.75, 3.05) is 12.0 Å².